The summed E-state index contributed by atoms with van der Waals surface area (Å²) in [6.45, 7) is -0.0412. The molecule has 0 fully saturated rings. The zero-order chi connectivity index (χ0) is 13.9. The van der Waals surface area contributed by atoms with Gasteiger partial charge in [0.05, 0.1) is 17.4 Å². The molecule has 2 nitrogen and oxygen atoms in total. The van der Waals surface area contributed by atoms with Crippen molar-refractivity contribution in [2.45, 2.75) is 24.3 Å². The summed E-state index contributed by atoms with van der Waals surface area (Å²) in [6.07, 6.45) is 7.98. The van der Waals surface area contributed by atoms with Gasteiger partial charge in [0.1, 0.15) is 0 Å². The second-order valence-electron chi connectivity index (χ2n) is 4.82. The van der Waals surface area contributed by atoms with E-state index in [-0.39, 0.29) is 6.61 Å². The Bertz CT molecular complexity index is 729. The fourth-order valence-corrected chi connectivity index (χ4v) is 3.70. The van der Waals surface area contributed by atoms with Crippen LogP contribution in [-0.2, 0) is 17.4 Å². The van der Waals surface area contributed by atoms with Gasteiger partial charge in [-0.05, 0) is 47.4 Å². The lowest BCUT2D eigenvalue weighted by molar-refractivity contribution is 0.283. The van der Waals surface area contributed by atoms with Crippen molar-refractivity contribution in [3.05, 3.63) is 65.1 Å². The molecule has 0 amide bonds. The van der Waals surface area contributed by atoms with Crippen molar-refractivity contribution in [2.24, 2.45) is 0 Å². The monoisotopic (exact) mass is 284 g/mol. The zero-order valence-corrected chi connectivity index (χ0v) is 11.9. The van der Waals surface area contributed by atoms with Crippen LogP contribution in [0.2, 0.25) is 0 Å². The molecule has 0 bridgehead atoms. The van der Waals surface area contributed by atoms with Crippen LogP contribution >= 0.6 is 0 Å². The van der Waals surface area contributed by atoms with Crippen LogP contribution in [-0.4, -0.2) is 9.32 Å². The highest BCUT2D eigenvalue weighted by atomic mass is 32.2. The summed E-state index contributed by atoms with van der Waals surface area (Å²) in [5.74, 6) is 0. The van der Waals surface area contributed by atoms with Gasteiger partial charge in [-0.3, -0.25) is 0 Å². The number of aliphatic hydroxyl groups excluding tert-OH is 1. The van der Waals surface area contributed by atoms with Gasteiger partial charge in [0.15, 0.2) is 0 Å². The fraction of sp³-hybridized carbons (Fsp3) is 0.176. The maximum absolute atomic E-state index is 12.6. The number of fused-ring (bicyclic) bond motifs is 1. The lowest BCUT2D eigenvalue weighted by Gasteiger charge is -2.10. The van der Waals surface area contributed by atoms with E-state index in [0.717, 1.165) is 39.0 Å². The number of hydrogen-bond donors (Lipinski definition) is 1. The smallest absolute Gasteiger partial charge is 0.0846 e. The molecule has 3 rings (SSSR count). The van der Waals surface area contributed by atoms with E-state index in [1.165, 1.54) is 0 Å². The first-order valence-electron chi connectivity index (χ1n) is 6.70. The first-order chi connectivity index (χ1) is 9.79. The first kappa shape index (κ1) is 13.3. The number of hydrogen-bond acceptors (Lipinski definition) is 2. The third-order valence-electron chi connectivity index (χ3n) is 3.48. The molecule has 0 aliphatic heterocycles. The molecule has 0 radical (unpaired) electrons. The molecule has 1 aliphatic rings. The Morgan fingerprint density at radius 3 is 2.75 bits per heavy atom. The highest BCUT2D eigenvalue weighted by molar-refractivity contribution is 7.89. The normalized spacial score (nSPS) is 16.1. The van der Waals surface area contributed by atoms with Gasteiger partial charge in [-0.25, -0.2) is 4.21 Å². The van der Waals surface area contributed by atoms with E-state index < -0.39 is 10.8 Å². The second-order valence-corrected chi connectivity index (χ2v) is 6.30. The average molecular weight is 284 g/mol. The van der Waals surface area contributed by atoms with E-state index in [4.69, 9.17) is 0 Å². The predicted octanol–water partition coefficient (Wildman–Crippen LogP) is 3.67. The third kappa shape index (κ3) is 2.47. The standard InChI is InChI=1S/C17H16O2S/c18-12-14-11-16(10-13-6-4-5-9-17(13)14)20(19)15-7-2-1-3-8-15/h2,4-11,18H,1,3,12H2. The van der Waals surface area contributed by atoms with Gasteiger partial charge in [-0.2, -0.15) is 0 Å². The molecule has 0 saturated heterocycles. The maximum atomic E-state index is 12.6. The molecule has 1 atom stereocenters. The quantitative estimate of drug-likeness (QED) is 0.933. The minimum absolute atomic E-state index is 0.0412. The van der Waals surface area contributed by atoms with E-state index >= 15 is 0 Å². The van der Waals surface area contributed by atoms with Crippen molar-refractivity contribution in [1.29, 1.82) is 0 Å². The highest BCUT2D eigenvalue weighted by Crippen LogP contribution is 2.26. The molecule has 0 spiro atoms. The molecule has 2 aromatic carbocycles. The van der Waals surface area contributed by atoms with E-state index in [0.29, 0.717) is 0 Å². The highest BCUT2D eigenvalue weighted by Gasteiger charge is 2.12. The maximum Gasteiger partial charge on any atom is 0.0846 e. The molecular formula is C17H16O2S. The van der Waals surface area contributed by atoms with Crippen LogP contribution in [0.25, 0.3) is 10.8 Å². The second kappa shape index (κ2) is 5.73. The van der Waals surface area contributed by atoms with E-state index in [2.05, 4.69) is 6.08 Å². The molecule has 1 aliphatic carbocycles. The van der Waals surface area contributed by atoms with Gasteiger partial charge < -0.3 is 5.11 Å². The van der Waals surface area contributed by atoms with Crippen molar-refractivity contribution in [3.63, 3.8) is 0 Å². The molecule has 1 N–H and O–H groups in total. The molecule has 1 unspecified atom stereocenters. The third-order valence-corrected chi connectivity index (χ3v) is 4.88. The fourth-order valence-electron chi connectivity index (χ4n) is 2.46. The molecule has 0 aromatic heterocycles. The van der Waals surface area contributed by atoms with Crippen LogP contribution in [0, 0.1) is 0 Å². The minimum atomic E-state index is -1.17. The minimum Gasteiger partial charge on any atom is -0.392 e. The Kier molecular flexibility index (Phi) is 3.81. The summed E-state index contributed by atoms with van der Waals surface area (Å²) in [4.78, 5) is 1.61. The van der Waals surface area contributed by atoms with Gasteiger partial charge in [-0.15, -0.1) is 0 Å². The summed E-state index contributed by atoms with van der Waals surface area (Å²) >= 11 is 0. The number of benzene rings is 2. The predicted molar refractivity (Wildman–Crippen MR) is 82.7 cm³/mol. The lowest BCUT2D eigenvalue weighted by Crippen LogP contribution is -1.98. The van der Waals surface area contributed by atoms with Gasteiger partial charge in [0, 0.05) is 9.80 Å². The Labute approximate surface area is 120 Å². The van der Waals surface area contributed by atoms with Crippen molar-refractivity contribution in [2.75, 3.05) is 0 Å². The van der Waals surface area contributed by atoms with Crippen LogP contribution in [0.4, 0.5) is 0 Å². The number of allylic oxidation sites excluding steroid dienone is 3. The topological polar surface area (TPSA) is 37.3 Å². The van der Waals surface area contributed by atoms with E-state index in [1.807, 2.05) is 48.6 Å². The lowest BCUT2D eigenvalue weighted by atomic mass is 10.1. The average Bonchev–Trinajstić information content (AvgIpc) is 2.54. The summed E-state index contributed by atoms with van der Waals surface area (Å²) in [5, 5.41) is 11.6. The molecule has 0 heterocycles. The molecule has 0 saturated carbocycles. The first-order valence-corrected chi connectivity index (χ1v) is 7.85. The summed E-state index contributed by atoms with van der Waals surface area (Å²) < 4.78 is 12.6. The number of rotatable bonds is 3. The SMILES string of the molecule is O=S(C1=CCCC=C1)c1cc(CO)c2ccccc2c1. The molecule has 3 heteroatoms. The Balaban J connectivity index is 2.10. The van der Waals surface area contributed by atoms with E-state index in [1.54, 1.807) is 0 Å². The number of aliphatic hydroxyl groups is 1. The van der Waals surface area contributed by atoms with Crippen LogP contribution in [0.3, 0.4) is 0 Å². The Morgan fingerprint density at radius 1 is 1.15 bits per heavy atom. The van der Waals surface area contributed by atoms with Crippen molar-refractivity contribution < 1.29 is 9.32 Å². The van der Waals surface area contributed by atoms with Crippen LogP contribution in [0.5, 0.6) is 0 Å². The van der Waals surface area contributed by atoms with Crippen LogP contribution in [0.1, 0.15) is 18.4 Å². The summed E-state index contributed by atoms with van der Waals surface area (Å²) in [5.41, 5.74) is 0.826. The Hall–Kier alpha value is -1.71. The molecule has 20 heavy (non-hydrogen) atoms. The van der Waals surface area contributed by atoms with Crippen molar-refractivity contribution >= 4 is 21.6 Å². The van der Waals surface area contributed by atoms with Crippen molar-refractivity contribution in [1.82, 2.24) is 0 Å². The van der Waals surface area contributed by atoms with Gasteiger partial charge in [0.25, 0.3) is 0 Å². The molecule has 102 valence electrons. The van der Waals surface area contributed by atoms with Crippen LogP contribution in [0.15, 0.2) is 64.4 Å². The van der Waals surface area contributed by atoms with Crippen LogP contribution < -0.4 is 0 Å². The zero-order valence-electron chi connectivity index (χ0n) is 11.1. The molecular weight excluding hydrogens is 268 g/mol. The van der Waals surface area contributed by atoms with Gasteiger partial charge in [-0.1, -0.05) is 36.4 Å². The summed E-state index contributed by atoms with van der Waals surface area (Å²) in [7, 11) is -1.17. The summed E-state index contributed by atoms with van der Waals surface area (Å²) in [6, 6.07) is 11.7. The Morgan fingerprint density at radius 2 is 2.00 bits per heavy atom. The largest absolute Gasteiger partial charge is 0.392 e. The van der Waals surface area contributed by atoms with Crippen molar-refractivity contribution in [3.8, 4) is 0 Å². The van der Waals surface area contributed by atoms with Gasteiger partial charge in [0.2, 0.25) is 0 Å². The van der Waals surface area contributed by atoms with Gasteiger partial charge >= 0.3 is 0 Å². The van der Waals surface area contributed by atoms with E-state index in [9.17, 15) is 9.32 Å². The molecule has 2 aromatic rings.